The number of benzene rings is 1. The second-order valence-corrected chi connectivity index (χ2v) is 6.10. The van der Waals surface area contributed by atoms with Crippen LogP contribution in [0.1, 0.15) is 23.2 Å². The molecule has 0 saturated heterocycles. The maximum absolute atomic E-state index is 12.0. The van der Waals surface area contributed by atoms with E-state index >= 15 is 0 Å². The van der Waals surface area contributed by atoms with E-state index in [4.69, 9.17) is 0 Å². The number of nitrogens with zero attached hydrogens (tertiary/aromatic N) is 2. The number of carbonyl (C=O) groups is 1. The van der Waals surface area contributed by atoms with Crippen LogP contribution < -0.4 is 5.32 Å². The molecule has 0 aliphatic rings. The topological polar surface area (TPSA) is 46.9 Å². The van der Waals surface area contributed by atoms with Crippen LogP contribution in [0.25, 0.3) is 0 Å². The number of rotatable bonds is 4. The van der Waals surface area contributed by atoms with Crippen molar-refractivity contribution in [2.45, 2.75) is 33.7 Å². The van der Waals surface area contributed by atoms with Crippen molar-refractivity contribution < 1.29 is 4.79 Å². The van der Waals surface area contributed by atoms with Crippen LogP contribution in [0.5, 0.6) is 0 Å². The molecule has 0 spiro atoms. The zero-order valence-corrected chi connectivity index (χ0v) is 14.1. The Bertz CT molecular complexity index is 615. The molecule has 0 atom stereocenters. The van der Waals surface area contributed by atoms with Gasteiger partial charge in [-0.2, -0.15) is 5.10 Å². The Balaban J connectivity index is 1.94. The summed E-state index contributed by atoms with van der Waals surface area (Å²) in [5.74, 6) is 0.0156. The summed E-state index contributed by atoms with van der Waals surface area (Å²) in [5, 5.41) is 7.31. The van der Waals surface area contributed by atoms with Gasteiger partial charge in [0, 0.05) is 24.8 Å². The van der Waals surface area contributed by atoms with Gasteiger partial charge in [0.15, 0.2) is 0 Å². The van der Waals surface area contributed by atoms with Crippen LogP contribution in [-0.2, 0) is 11.3 Å². The predicted molar refractivity (Wildman–Crippen MR) is 88.8 cm³/mol. The molecular weight excluding hydrogens is 365 g/mol. The largest absolute Gasteiger partial charge is 0.326 e. The Kier molecular flexibility index (Phi) is 4.80. The Morgan fingerprint density at radius 2 is 2.10 bits per heavy atom. The zero-order chi connectivity index (χ0) is 14.7. The van der Waals surface area contributed by atoms with Gasteiger partial charge in [0.05, 0.1) is 9.26 Å². The smallest absolute Gasteiger partial charge is 0.226 e. The van der Waals surface area contributed by atoms with Crippen LogP contribution in [0, 0.1) is 24.3 Å². The number of halogens is 1. The van der Waals surface area contributed by atoms with Crippen molar-refractivity contribution in [3.63, 3.8) is 0 Å². The van der Waals surface area contributed by atoms with E-state index in [-0.39, 0.29) is 5.91 Å². The molecule has 5 heteroatoms. The summed E-state index contributed by atoms with van der Waals surface area (Å²) < 4.78 is 2.94. The fourth-order valence-electron chi connectivity index (χ4n) is 1.91. The predicted octanol–water partition coefficient (Wildman–Crippen LogP) is 3.44. The number of nitrogens with one attached hydrogen (secondary N) is 1. The molecule has 20 heavy (non-hydrogen) atoms. The molecule has 0 aliphatic carbocycles. The molecule has 0 unspecified atom stereocenters. The van der Waals surface area contributed by atoms with Gasteiger partial charge in [0.1, 0.15) is 0 Å². The molecule has 1 aromatic carbocycles. The van der Waals surface area contributed by atoms with Crippen LogP contribution in [0.4, 0.5) is 5.69 Å². The molecule has 4 nitrogen and oxygen atoms in total. The summed E-state index contributed by atoms with van der Waals surface area (Å²) in [5.41, 5.74) is 4.11. The molecule has 1 amide bonds. The van der Waals surface area contributed by atoms with E-state index in [0.717, 1.165) is 26.1 Å². The van der Waals surface area contributed by atoms with Crippen molar-refractivity contribution >= 4 is 34.2 Å². The summed E-state index contributed by atoms with van der Waals surface area (Å²) in [4.78, 5) is 12.0. The summed E-state index contributed by atoms with van der Waals surface area (Å²) in [7, 11) is 0. The number of amides is 1. The molecule has 1 aromatic heterocycles. The lowest BCUT2D eigenvalue weighted by Crippen LogP contribution is -2.15. The van der Waals surface area contributed by atoms with Gasteiger partial charge < -0.3 is 5.32 Å². The highest BCUT2D eigenvalue weighted by atomic mass is 127. The van der Waals surface area contributed by atoms with Gasteiger partial charge in [-0.05, 0) is 60.6 Å². The number of carbonyl (C=O) groups excluding carboxylic acids is 1. The standard InChI is InChI=1S/C15H18IN3O/c1-10-4-5-11(2)14(8-10)17-15(20)6-7-19-9-13(16)12(3)18-19/h4-5,8-9H,6-7H2,1-3H3,(H,17,20). The van der Waals surface area contributed by atoms with Gasteiger partial charge in [-0.25, -0.2) is 0 Å². The van der Waals surface area contributed by atoms with Crippen LogP contribution in [-0.4, -0.2) is 15.7 Å². The fraction of sp³-hybridized carbons (Fsp3) is 0.333. The monoisotopic (exact) mass is 383 g/mol. The number of aromatic nitrogens is 2. The molecule has 0 aliphatic heterocycles. The van der Waals surface area contributed by atoms with Crippen molar-refractivity contribution in [3.05, 3.63) is 44.8 Å². The highest BCUT2D eigenvalue weighted by Gasteiger charge is 2.07. The average Bonchev–Trinajstić information content (AvgIpc) is 2.71. The maximum Gasteiger partial charge on any atom is 0.226 e. The first kappa shape index (κ1) is 15.0. The maximum atomic E-state index is 12.0. The van der Waals surface area contributed by atoms with Gasteiger partial charge in [0.2, 0.25) is 5.91 Å². The Morgan fingerprint density at radius 1 is 1.35 bits per heavy atom. The first-order valence-corrected chi connectivity index (χ1v) is 7.60. The van der Waals surface area contributed by atoms with Crippen molar-refractivity contribution in [3.8, 4) is 0 Å². The van der Waals surface area contributed by atoms with Gasteiger partial charge in [-0.1, -0.05) is 12.1 Å². The van der Waals surface area contributed by atoms with Gasteiger partial charge in [0.25, 0.3) is 0 Å². The number of hydrogen-bond donors (Lipinski definition) is 1. The summed E-state index contributed by atoms with van der Waals surface area (Å²) in [6.07, 6.45) is 2.38. The first-order chi connectivity index (χ1) is 9.45. The highest BCUT2D eigenvalue weighted by Crippen LogP contribution is 2.16. The van der Waals surface area contributed by atoms with Crippen LogP contribution >= 0.6 is 22.6 Å². The second kappa shape index (κ2) is 6.39. The normalized spacial score (nSPS) is 10.6. The highest BCUT2D eigenvalue weighted by molar-refractivity contribution is 14.1. The quantitative estimate of drug-likeness (QED) is 0.823. The lowest BCUT2D eigenvalue weighted by molar-refractivity contribution is -0.116. The lowest BCUT2D eigenvalue weighted by Gasteiger charge is -2.09. The minimum atomic E-state index is 0.0156. The van der Waals surface area contributed by atoms with Crippen LogP contribution in [0.2, 0.25) is 0 Å². The molecule has 2 rings (SSSR count). The minimum Gasteiger partial charge on any atom is -0.326 e. The van der Waals surface area contributed by atoms with Gasteiger partial charge >= 0.3 is 0 Å². The Labute approximate surface area is 132 Å². The summed E-state index contributed by atoms with van der Waals surface area (Å²) in [6, 6.07) is 6.05. The minimum absolute atomic E-state index is 0.0156. The van der Waals surface area contributed by atoms with Crippen molar-refractivity contribution in [2.75, 3.05) is 5.32 Å². The molecule has 0 bridgehead atoms. The molecule has 0 radical (unpaired) electrons. The molecule has 0 saturated carbocycles. The summed E-state index contributed by atoms with van der Waals surface area (Å²) >= 11 is 2.24. The van der Waals surface area contributed by atoms with Crippen LogP contribution in [0.15, 0.2) is 24.4 Å². The number of hydrogen-bond acceptors (Lipinski definition) is 2. The van der Waals surface area contributed by atoms with Crippen LogP contribution in [0.3, 0.4) is 0 Å². The SMILES string of the molecule is Cc1ccc(C)c(NC(=O)CCn2cc(I)c(C)n2)c1. The third kappa shape index (κ3) is 3.82. The van der Waals surface area contributed by atoms with E-state index in [1.807, 2.05) is 49.8 Å². The van der Waals surface area contributed by atoms with E-state index in [9.17, 15) is 4.79 Å². The van der Waals surface area contributed by atoms with Gasteiger partial charge in [-0.3, -0.25) is 9.48 Å². The molecular formula is C15H18IN3O. The van der Waals surface area contributed by atoms with E-state index < -0.39 is 0 Å². The number of aryl methyl sites for hydroxylation is 4. The lowest BCUT2D eigenvalue weighted by atomic mass is 10.1. The molecule has 1 N–H and O–H groups in total. The third-order valence-electron chi connectivity index (χ3n) is 3.12. The Morgan fingerprint density at radius 3 is 2.75 bits per heavy atom. The fourth-order valence-corrected chi connectivity index (χ4v) is 2.34. The second-order valence-electron chi connectivity index (χ2n) is 4.94. The van der Waals surface area contributed by atoms with Crippen molar-refractivity contribution in [1.29, 1.82) is 0 Å². The number of anilines is 1. The third-order valence-corrected chi connectivity index (χ3v) is 4.18. The van der Waals surface area contributed by atoms with E-state index in [0.29, 0.717) is 13.0 Å². The molecule has 1 heterocycles. The van der Waals surface area contributed by atoms with Crippen molar-refractivity contribution in [2.24, 2.45) is 0 Å². The summed E-state index contributed by atoms with van der Waals surface area (Å²) in [6.45, 7) is 6.58. The molecule has 2 aromatic rings. The van der Waals surface area contributed by atoms with E-state index in [1.165, 1.54) is 0 Å². The molecule has 0 fully saturated rings. The van der Waals surface area contributed by atoms with Gasteiger partial charge in [-0.15, -0.1) is 0 Å². The van der Waals surface area contributed by atoms with Crippen molar-refractivity contribution in [1.82, 2.24) is 9.78 Å². The van der Waals surface area contributed by atoms with E-state index in [2.05, 4.69) is 33.0 Å². The Hall–Kier alpha value is -1.37. The zero-order valence-electron chi connectivity index (χ0n) is 11.9. The average molecular weight is 383 g/mol. The van der Waals surface area contributed by atoms with E-state index in [1.54, 1.807) is 0 Å². The molecule has 106 valence electrons. The first-order valence-electron chi connectivity index (χ1n) is 6.52.